The van der Waals surface area contributed by atoms with Gasteiger partial charge in [0.2, 0.25) is 5.91 Å². The van der Waals surface area contributed by atoms with Crippen LogP contribution in [0.4, 0.5) is 0 Å². The molecular weight excluding hydrogens is 314 g/mol. The molecule has 1 aromatic rings. The van der Waals surface area contributed by atoms with E-state index < -0.39 is 0 Å². The zero-order chi connectivity index (χ0) is 16.5. The molecule has 1 aromatic carbocycles. The number of hydrogen-bond donors (Lipinski definition) is 2. The maximum absolute atomic E-state index is 11.9. The zero-order valence-electron chi connectivity index (χ0n) is 13.3. The van der Waals surface area contributed by atoms with Gasteiger partial charge in [-0.2, -0.15) is 0 Å². The fourth-order valence-corrected chi connectivity index (χ4v) is 2.90. The molecule has 0 saturated carbocycles. The number of benzene rings is 1. The van der Waals surface area contributed by atoms with Crippen molar-refractivity contribution in [3.8, 4) is 0 Å². The smallest absolute Gasteiger partial charge is 0.253 e. The molecule has 1 fully saturated rings. The maximum atomic E-state index is 11.9. The molecule has 1 heterocycles. The first-order valence-corrected chi connectivity index (χ1v) is 8.56. The molecule has 1 saturated heterocycles. The summed E-state index contributed by atoms with van der Waals surface area (Å²) < 4.78 is 0. The summed E-state index contributed by atoms with van der Waals surface area (Å²) in [7, 11) is 0. The monoisotopic (exact) mass is 337 g/mol. The molecule has 0 aromatic heterocycles. The SMILES string of the molecule is O=C(CNC(=O)c1ccccc1Cl)NCCCN1CCCCC1. The minimum atomic E-state index is -0.334. The Morgan fingerprint density at radius 1 is 1.09 bits per heavy atom. The van der Waals surface area contributed by atoms with Crippen molar-refractivity contribution in [3.05, 3.63) is 34.9 Å². The van der Waals surface area contributed by atoms with Crippen molar-refractivity contribution >= 4 is 23.4 Å². The van der Waals surface area contributed by atoms with Gasteiger partial charge >= 0.3 is 0 Å². The van der Waals surface area contributed by atoms with Crippen molar-refractivity contribution in [1.29, 1.82) is 0 Å². The molecule has 1 aliphatic heterocycles. The van der Waals surface area contributed by atoms with Gasteiger partial charge in [-0.3, -0.25) is 9.59 Å². The lowest BCUT2D eigenvalue weighted by molar-refractivity contribution is -0.120. The summed E-state index contributed by atoms with van der Waals surface area (Å²) in [5, 5.41) is 5.80. The molecule has 2 rings (SSSR count). The van der Waals surface area contributed by atoms with Crippen LogP contribution < -0.4 is 10.6 Å². The number of nitrogens with zero attached hydrogens (tertiary/aromatic N) is 1. The number of piperidine rings is 1. The Morgan fingerprint density at radius 3 is 2.57 bits per heavy atom. The highest BCUT2D eigenvalue weighted by molar-refractivity contribution is 6.33. The average molecular weight is 338 g/mol. The van der Waals surface area contributed by atoms with Crippen LogP contribution in [0.3, 0.4) is 0 Å². The van der Waals surface area contributed by atoms with Gasteiger partial charge in [0.1, 0.15) is 0 Å². The Balaban J connectivity index is 1.59. The highest BCUT2D eigenvalue weighted by atomic mass is 35.5. The van der Waals surface area contributed by atoms with E-state index >= 15 is 0 Å². The molecule has 0 aliphatic carbocycles. The largest absolute Gasteiger partial charge is 0.355 e. The van der Waals surface area contributed by atoms with Crippen LogP contribution in [-0.4, -0.2) is 49.4 Å². The highest BCUT2D eigenvalue weighted by Crippen LogP contribution is 2.14. The number of halogens is 1. The Morgan fingerprint density at radius 2 is 1.83 bits per heavy atom. The summed E-state index contributed by atoms with van der Waals surface area (Å²) in [6, 6.07) is 6.78. The van der Waals surface area contributed by atoms with E-state index in [0.29, 0.717) is 17.1 Å². The molecule has 23 heavy (non-hydrogen) atoms. The summed E-state index contributed by atoms with van der Waals surface area (Å²) in [6.07, 6.45) is 4.82. The van der Waals surface area contributed by atoms with Crippen molar-refractivity contribution in [2.75, 3.05) is 32.7 Å². The molecule has 5 nitrogen and oxygen atoms in total. The number of rotatable bonds is 7. The lowest BCUT2D eigenvalue weighted by atomic mass is 10.1. The lowest BCUT2D eigenvalue weighted by Crippen LogP contribution is -2.38. The first kappa shape index (κ1) is 17.8. The van der Waals surface area contributed by atoms with Gasteiger partial charge in [-0.15, -0.1) is 0 Å². The van der Waals surface area contributed by atoms with Gasteiger partial charge in [-0.25, -0.2) is 0 Å². The average Bonchev–Trinajstić information content (AvgIpc) is 2.58. The molecule has 0 bridgehead atoms. The van der Waals surface area contributed by atoms with E-state index in [1.54, 1.807) is 24.3 Å². The van der Waals surface area contributed by atoms with Crippen molar-refractivity contribution in [2.45, 2.75) is 25.7 Å². The van der Waals surface area contributed by atoms with Crippen LogP contribution in [0.15, 0.2) is 24.3 Å². The second-order valence-electron chi connectivity index (χ2n) is 5.77. The van der Waals surface area contributed by atoms with Crippen LogP contribution in [0.1, 0.15) is 36.0 Å². The first-order chi connectivity index (χ1) is 11.2. The van der Waals surface area contributed by atoms with E-state index in [4.69, 9.17) is 11.6 Å². The fraction of sp³-hybridized carbons (Fsp3) is 0.529. The summed E-state index contributed by atoms with van der Waals surface area (Å²) in [5.74, 6) is -0.511. The van der Waals surface area contributed by atoms with Crippen LogP contribution in [0.2, 0.25) is 5.02 Å². The standard InChI is InChI=1S/C17H24ClN3O2/c18-15-8-3-2-7-14(15)17(23)20-13-16(22)19-9-6-12-21-10-4-1-5-11-21/h2-3,7-8H,1,4-6,9-13H2,(H,19,22)(H,20,23). The Bertz CT molecular complexity index is 530. The van der Waals surface area contributed by atoms with E-state index in [0.717, 1.165) is 13.0 Å². The second kappa shape index (κ2) is 9.53. The van der Waals surface area contributed by atoms with E-state index in [1.807, 2.05) is 0 Å². The minimum absolute atomic E-state index is 0.0340. The van der Waals surface area contributed by atoms with Gasteiger partial charge < -0.3 is 15.5 Å². The highest BCUT2D eigenvalue weighted by Gasteiger charge is 2.11. The molecule has 2 N–H and O–H groups in total. The predicted octanol–water partition coefficient (Wildman–Crippen LogP) is 2.06. The van der Waals surface area contributed by atoms with Gasteiger partial charge in [0.25, 0.3) is 5.91 Å². The van der Waals surface area contributed by atoms with Crippen molar-refractivity contribution < 1.29 is 9.59 Å². The minimum Gasteiger partial charge on any atom is -0.355 e. The van der Waals surface area contributed by atoms with E-state index in [-0.39, 0.29) is 18.4 Å². The fourth-order valence-electron chi connectivity index (χ4n) is 2.68. The molecule has 0 radical (unpaired) electrons. The van der Waals surface area contributed by atoms with Gasteiger partial charge in [0.05, 0.1) is 17.1 Å². The molecule has 0 atom stereocenters. The number of nitrogens with one attached hydrogen (secondary N) is 2. The van der Waals surface area contributed by atoms with Crippen molar-refractivity contribution in [3.63, 3.8) is 0 Å². The van der Waals surface area contributed by atoms with Crippen LogP contribution >= 0.6 is 11.6 Å². The molecule has 1 aliphatic rings. The van der Waals surface area contributed by atoms with E-state index in [1.165, 1.54) is 32.4 Å². The van der Waals surface area contributed by atoms with E-state index in [2.05, 4.69) is 15.5 Å². The van der Waals surface area contributed by atoms with Crippen molar-refractivity contribution in [1.82, 2.24) is 15.5 Å². The van der Waals surface area contributed by atoms with Crippen LogP contribution in [0.5, 0.6) is 0 Å². The number of carbonyl (C=O) groups excluding carboxylic acids is 2. The Kier molecular flexibility index (Phi) is 7.36. The molecular formula is C17H24ClN3O2. The number of likely N-dealkylation sites (tertiary alicyclic amines) is 1. The number of amides is 2. The molecule has 6 heteroatoms. The third-order valence-corrected chi connectivity index (χ3v) is 4.28. The maximum Gasteiger partial charge on any atom is 0.253 e. The summed E-state index contributed by atoms with van der Waals surface area (Å²) in [6.45, 7) is 3.96. The van der Waals surface area contributed by atoms with Gasteiger partial charge in [-0.05, 0) is 51.0 Å². The summed E-state index contributed by atoms with van der Waals surface area (Å²) in [4.78, 5) is 26.1. The van der Waals surface area contributed by atoms with Crippen LogP contribution in [0.25, 0.3) is 0 Å². The van der Waals surface area contributed by atoms with Crippen LogP contribution in [-0.2, 0) is 4.79 Å². The van der Waals surface area contributed by atoms with Crippen molar-refractivity contribution in [2.24, 2.45) is 0 Å². The third kappa shape index (κ3) is 6.20. The van der Waals surface area contributed by atoms with E-state index in [9.17, 15) is 9.59 Å². The van der Waals surface area contributed by atoms with Gasteiger partial charge in [0.15, 0.2) is 0 Å². The Hall–Kier alpha value is -1.59. The first-order valence-electron chi connectivity index (χ1n) is 8.18. The lowest BCUT2D eigenvalue weighted by Gasteiger charge is -2.26. The Labute approximate surface area is 142 Å². The molecule has 126 valence electrons. The normalized spacial score (nSPS) is 15.2. The van der Waals surface area contributed by atoms with Gasteiger partial charge in [0, 0.05) is 6.54 Å². The molecule has 0 unspecified atom stereocenters. The summed E-state index contributed by atoms with van der Waals surface area (Å²) in [5.41, 5.74) is 0.382. The third-order valence-electron chi connectivity index (χ3n) is 3.95. The molecule has 0 spiro atoms. The summed E-state index contributed by atoms with van der Waals surface area (Å²) >= 11 is 5.94. The second-order valence-corrected chi connectivity index (χ2v) is 6.18. The number of carbonyl (C=O) groups is 2. The number of hydrogen-bond acceptors (Lipinski definition) is 3. The zero-order valence-corrected chi connectivity index (χ0v) is 14.1. The predicted molar refractivity (Wildman–Crippen MR) is 91.7 cm³/mol. The van der Waals surface area contributed by atoms with Crippen LogP contribution in [0, 0.1) is 0 Å². The molecule has 2 amide bonds. The van der Waals surface area contributed by atoms with Gasteiger partial charge in [-0.1, -0.05) is 30.2 Å². The quantitative estimate of drug-likeness (QED) is 0.749. The topological polar surface area (TPSA) is 61.4 Å².